The molecule has 1 heterocycles. The van der Waals surface area contributed by atoms with Crippen LogP contribution in [0.1, 0.15) is 36.7 Å². The van der Waals surface area contributed by atoms with Crippen LogP contribution < -0.4 is 0 Å². The first kappa shape index (κ1) is 16.9. The predicted molar refractivity (Wildman–Crippen MR) is 103 cm³/mol. The molecule has 1 unspecified atom stereocenters. The molecule has 0 aliphatic carbocycles. The third-order valence-electron chi connectivity index (χ3n) is 3.61. The number of benzene rings is 2. The zero-order chi connectivity index (χ0) is 17.2. The molecule has 1 atom stereocenters. The topological polar surface area (TPSA) is 28.0 Å². The van der Waals surface area contributed by atoms with Gasteiger partial charge in [-0.05, 0) is 0 Å². The van der Waals surface area contributed by atoms with E-state index in [-0.39, 0.29) is 20.5 Å². The summed E-state index contributed by atoms with van der Waals surface area (Å²) in [5, 5.41) is 6.88. The molecular weight excluding hydrogens is 361 g/mol. The molecule has 1 aliphatic rings. The van der Waals surface area contributed by atoms with Gasteiger partial charge in [0.2, 0.25) is 0 Å². The third kappa shape index (κ3) is 3.95. The molecular formula is C20H23N3Se. The second kappa shape index (κ2) is 6.92. The van der Waals surface area contributed by atoms with E-state index in [1.807, 2.05) is 18.1 Å². The van der Waals surface area contributed by atoms with Crippen LogP contribution in [0.4, 0.5) is 0 Å². The molecule has 0 radical (unpaired) electrons. The summed E-state index contributed by atoms with van der Waals surface area (Å²) >= 11 is 0.191. The Morgan fingerprint density at radius 3 is 2.12 bits per heavy atom. The van der Waals surface area contributed by atoms with Gasteiger partial charge in [0.05, 0.1) is 0 Å². The van der Waals surface area contributed by atoms with Gasteiger partial charge in [0.25, 0.3) is 0 Å². The monoisotopic (exact) mass is 385 g/mol. The van der Waals surface area contributed by atoms with Crippen LogP contribution in [-0.2, 0) is 0 Å². The van der Waals surface area contributed by atoms with Gasteiger partial charge in [-0.2, -0.15) is 0 Å². The molecule has 3 rings (SSSR count). The molecule has 3 nitrogen and oxygen atoms in total. The number of hydrazone groups is 1. The van der Waals surface area contributed by atoms with Gasteiger partial charge < -0.3 is 0 Å². The Labute approximate surface area is 150 Å². The van der Waals surface area contributed by atoms with Gasteiger partial charge >= 0.3 is 150 Å². The van der Waals surface area contributed by atoms with E-state index in [1.54, 1.807) is 0 Å². The van der Waals surface area contributed by atoms with Gasteiger partial charge in [0.1, 0.15) is 0 Å². The number of rotatable bonds is 2. The quantitative estimate of drug-likeness (QED) is 0.721. The summed E-state index contributed by atoms with van der Waals surface area (Å²) in [5.74, 6) is 0. The van der Waals surface area contributed by atoms with E-state index in [2.05, 4.69) is 75.4 Å². The van der Waals surface area contributed by atoms with Crippen LogP contribution in [0.25, 0.3) is 0 Å². The van der Waals surface area contributed by atoms with Crippen molar-refractivity contribution in [3.05, 3.63) is 71.8 Å². The molecule has 0 N–H and O–H groups in total. The number of hydrogen-bond donors (Lipinski definition) is 0. The van der Waals surface area contributed by atoms with E-state index < -0.39 is 0 Å². The van der Waals surface area contributed by atoms with Crippen molar-refractivity contribution in [2.75, 3.05) is 7.05 Å². The van der Waals surface area contributed by atoms with E-state index in [9.17, 15) is 0 Å². The number of amidine groups is 1. The summed E-state index contributed by atoms with van der Waals surface area (Å²) < 4.78 is 1.10. The third-order valence-corrected chi connectivity index (χ3v) is 6.33. The molecule has 1 aliphatic heterocycles. The fourth-order valence-corrected chi connectivity index (χ4v) is 5.32. The normalized spacial score (nSPS) is 20.2. The Hall–Kier alpha value is -1.90. The summed E-state index contributed by atoms with van der Waals surface area (Å²) in [5.41, 5.74) is 3.55. The first-order valence-corrected chi connectivity index (χ1v) is 9.98. The molecule has 124 valence electrons. The number of nitrogens with zero attached hydrogens (tertiary/aromatic N) is 3. The first-order chi connectivity index (χ1) is 11.4. The van der Waals surface area contributed by atoms with Crippen molar-refractivity contribution < 1.29 is 0 Å². The number of hydrogen-bond acceptors (Lipinski definition) is 2. The molecule has 0 fully saturated rings. The van der Waals surface area contributed by atoms with Crippen LogP contribution in [0.2, 0.25) is 0 Å². The van der Waals surface area contributed by atoms with Gasteiger partial charge in [-0.25, -0.2) is 0 Å². The summed E-state index contributed by atoms with van der Waals surface area (Å²) in [6.07, 6.45) is 0. The van der Waals surface area contributed by atoms with Gasteiger partial charge in [0.15, 0.2) is 0 Å². The van der Waals surface area contributed by atoms with Crippen LogP contribution in [0, 0.1) is 0 Å². The Morgan fingerprint density at radius 2 is 1.54 bits per heavy atom. The molecule has 2 aromatic carbocycles. The Kier molecular flexibility index (Phi) is 4.88. The van der Waals surface area contributed by atoms with Crippen LogP contribution in [0.5, 0.6) is 0 Å². The van der Waals surface area contributed by atoms with Gasteiger partial charge in [-0.3, -0.25) is 0 Å². The van der Waals surface area contributed by atoms with Crippen molar-refractivity contribution in [2.45, 2.75) is 31.1 Å². The Balaban J connectivity index is 2.08. The predicted octanol–water partition coefficient (Wildman–Crippen LogP) is 3.94. The SMILES string of the molecule is CN1N=C(c2ccccc2)C(c2ccccc2)[Se]C1=NC(C)(C)C. The second-order valence-electron chi connectivity index (χ2n) is 6.85. The Bertz CT molecular complexity index is 745. The first-order valence-electron chi connectivity index (χ1n) is 8.13. The zero-order valence-corrected chi connectivity index (χ0v) is 16.3. The molecule has 0 spiro atoms. The average Bonchev–Trinajstić information content (AvgIpc) is 2.57. The van der Waals surface area contributed by atoms with Crippen molar-refractivity contribution in [3.63, 3.8) is 0 Å². The second-order valence-corrected chi connectivity index (χ2v) is 9.10. The Morgan fingerprint density at radius 1 is 0.958 bits per heavy atom. The fraction of sp³-hybridized carbons (Fsp3) is 0.300. The minimum atomic E-state index is -0.0909. The summed E-state index contributed by atoms with van der Waals surface area (Å²) in [7, 11) is 2.01. The number of aliphatic imine (C=N–C) groups is 1. The molecule has 2 aromatic rings. The van der Waals surface area contributed by atoms with E-state index >= 15 is 0 Å². The van der Waals surface area contributed by atoms with Gasteiger partial charge in [0, 0.05) is 0 Å². The minimum absolute atomic E-state index is 0.0909. The van der Waals surface area contributed by atoms with Crippen molar-refractivity contribution >= 4 is 25.4 Å². The molecule has 0 bridgehead atoms. The van der Waals surface area contributed by atoms with Gasteiger partial charge in [-0.1, -0.05) is 0 Å². The standard InChI is InChI=1S/C20H23N3Se/c1-20(2,3)21-19-23(4)22-17(15-11-7-5-8-12-15)18(24-19)16-13-9-6-10-14-16/h5-14,18H,1-4H3. The maximum absolute atomic E-state index is 4.92. The van der Waals surface area contributed by atoms with E-state index in [0.717, 1.165) is 10.4 Å². The molecule has 0 aromatic heterocycles. The van der Waals surface area contributed by atoms with Crippen LogP contribution in [0.15, 0.2) is 70.8 Å². The van der Waals surface area contributed by atoms with Crippen LogP contribution in [0.3, 0.4) is 0 Å². The molecule has 0 amide bonds. The molecule has 4 heteroatoms. The molecule has 24 heavy (non-hydrogen) atoms. The van der Waals surface area contributed by atoms with E-state index in [1.165, 1.54) is 11.1 Å². The average molecular weight is 384 g/mol. The van der Waals surface area contributed by atoms with Crippen LogP contribution in [-0.4, -0.2) is 43.0 Å². The maximum atomic E-state index is 4.92. The summed E-state index contributed by atoms with van der Waals surface area (Å²) in [6.45, 7) is 6.41. The van der Waals surface area contributed by atoms with Crippen molar-refractivity contribution in [2.24, 2.45) is 10.1 Å². The van der Waals surface area contributed by atoms with Gasteiger partial charge in [-0.15, -0.1) is 0 Å². The fourth-order valence-electron chi connectivity index (χ4n) is 2.55. The van der Waals surface area contributed by atoms with E-state index in [0.29, 0.717) is 4.82 Å². The van der Waals surface area contributed by atoms with Crippen molar-refractivity contribution in [1.29, 1.82) is 0 Å². The molecule has 0 saturated carbocycles. The zero-order valence-electron chi connectivity index (χ0n) is 14.6. The van der Waals surface area contributed by atoms with Crippen LogP contribution >= 0.6 is 0 Å². The summed E-state index contributed by atoms with van der Waals surface area (Å²) in [4.78, 5) is 5.21. The molecule has 0 saturated heterocycles. The van der Waals surface area contributed by atoms with E-state index in [4.69, 9.17) is 10.1 Å². The summed E-state index contributed by atoms with van der Waals surface area (Å²) in [6, 6.07) is 21.2. The van der Waals surface area contributed by atoms with Crippen molar-refractivity contribution in [1.82, 2.24) is 5.01 Å². The van der Waals surface area contributed by atoms with Crippen molar-refractivity contribution in [3.8, 4) is 0 Å².